The van der Waals surface area contributed by atoms with Crippen LogP contribution in [0.4, 0.5) is 5.82 Å². The second kappa shape index (κ2) is 4.90. The van der Waals surface area contributed by atoms with E-state index < -0.39 is 0 Å². The molecule has 19 heavy (non-hydrogen) atoms. The Morgan fingerprint density at radius 2 is 2.21 bits per heavy atom. The van der Waals surface area contributed by atoms with Crippen LogP contribution in [0.5, 0.6) is 0 Å². The van der Waals surface area contributed by atoms with Crippen LogP contribution in [0.3, 0.4) is 0 Å². The van der Waals surface area contributed by atoms with Crippen molar-refractivity contribution in [3.05, 3.63) is 21.3 Å². The van der Waals surface area contributed by atoms with Crippen molar-refractivity contribution in [1.82, 2.24) is 4.98 Å². The van der Waals surface area contributed by atoms with E-state index >= 15 is 0 Å². The molecule has 3 nitrogen and oxygen atoms in total. The summed E-state index contributed by atoms with van der Waals surface area (Å²) in [6.07, 6.45) is 5.81. The van der Waals surface area contributed by atoms with Crippen LogP contribution in [0.25, 0.3) is 0 Å². The van der Waals surface area contributed by atoms with E-state index in [1.165, 1.54) is 5.56 Å². The summed E-state index contributed by atoms with van der Waals surface area (Å²) in [5, 5.41) is 13.9. The number of aliphatic hydroxyl groups is 1. The van der Waals surface area contributed by atoms with Crippen LogP contribution in [0.15, 0.2) is 10.7 Å². The fourth-order valence-electron chi connectivity index (χ4n) is 3.53. The number of rotatable bonds is 1. The minimum absolute atomic E-state index is 0.106. The summed E-state index contributed by atoms with van der Waals surface area (Å²) in [6.45, 7) is 2.81. The minimum atomic E-state index is -0.206. The molecule has 0 bridgehead atoms. The first-order chi connectivity index (χ1) is 9.03. The number of fused-ring (bicyclic) bond motifs is 2. The lowest BCUT2D eigenvalue weighted by Gasteiger charge is -2.38. The molecule has 0 radical (unpaired) electrons. The largest absolute Gasteiger partial charge is 0.393 e. The predicted molar refractivity (Wildman–Crippen MR) is 80.8 cm³/mol. The molecule has 1 aliphatic heterocycles. The molecule has 1 fully saturated rings. The van der Waals surface area contributed by atoms with Gasteiger partial charge in [0, 0.05) is 23.7 Å². The molecule has 1 aromatic rings. The van der Waals surface area contributed by atoms with Crippen LogP contribution in [0.2, 0.25) is 5.02 Å². The van der Waals surface area contributed by atoms with E-state index in [9.17, 15) is 5.11 Å². The minimum Gasteiger partial charge on any atom is -0.393 e. The quantitative estimate of drug-likeness (QED) is 0.815. The highest BCUT2D eigenvalue weighted by Crippen LogP contribution is 2.51. The molecule has 2 N–H and O–H groups in total. The summed E-state index contributed by atoms with van der Waals surface area (Å²) in [4.78, 5) is 4.43. The number of pyridine rings is 1. The molecule has 5 heteroatoms. The van der Waals surface area contributed by atoms with Crippen molar-refractivity contribution in [2.75, 3.05) is 11.9 Å². The topological polar surface area (TPSA) is 45.1 Å². The molecule has 104 valence electrons. The van der Waals surface area contributed by atoms with Crippen molar-refractivity contribution >= 4 is 33.3 Å². The van der Waals surface area contributed by atoms with Gasteiger partial charge in [-0.1, -0.05) is 11.6 Å². The summed E-state index contributed by atoms with van der Waals surface area (Å²) >= 11 is 9.96. The highest BCUT2D eigenvalue weighted by molar-refractivity contribution is 9.10. The second-order valence-electron chi connectivity index (χ2n) is 5.86. The fraction of sp³-hybridized carbons (Fsp3) is 0.643. The molecule has 1 unspecified atom stereocenters. The van der Waals surface area contributed by atoms with Gasteiger partial charge in [-0.15, -0.1) is 0 Å². The molecule has 2 heterocycles. The average Bonchev–Trinajstić information content (AvgIpc) is 2.74. The Kier molecular flexibility index (Phi) is 3.52. The molecule has 0 saturated heterocycles. The van der Waals surface area contributed by atoms with E-state index in [2.05, 4.69) is 26.2 Å². The van der Waals surface area contributed by atoms with Crippen LogP contribution in [0.1, 0.15) is 38.2 Å². The smallest absolute Gasteiger partial charge is 0.131 e. The van der Waals surface area contributed by atoms with Crippen molar-refractivity contribution in [2.45, 2.75) is 44.1 Å². The zero-order valence-corrected chi connectivity index (χ0v) is 13.3. The van der Waals surface area contributed by atoms with Gasteiger partial charge in [0.15, 0.2) is 0 Å². The van der Waals surface area contributed by atoms with Gasteiger partial charge in [-0.25, -0.2) is 4.98 Å². The molecular weight excluding hydrogens is 328 g/mol. The first-order valence-corrected chi connectivity index (χ1v) is 7.97. The summed E-state index contributed by atoms with van der Waals surface area (Å²) in [5.74, 6) is 1.36. The van der Waals surface area contributed by atoms with E-state index in [0.29, 0.717) is 5.92 Å². The molecule has 0 aromatic carbocycles. The van der Waals surface area contributed by atoms with E-state index in [-0.39, 0.29) is 11.5 Å². The number of aliphatic hydroxyl groups excluding tert-OH is 1. The standard InChI is InChI=1S/C14H18BrClN2O/c1-8(19)9-2-4-14(5-3-9)7-18-13-11(14)12(16)10(15)6-17-13/h6,8-9,19H,2-5,7H2,1H3,(H,17,18). The Balaban J connectivity index is 1.92. The maximum absolute atomic E-state index is 9.74. The van der Waals surface area contributed by atoms with Crippen LogP contribution in [-0.4, -0.2) is 22.7 Å². The summed E-state index contributed by atoms with van der Waals surface area (Å²) in [7, 11) is 0. The fourth-order valence-corrected chi connectivity index (χ4v) is 4.17. The van der Waals surface area contributed by atoms with Gasteiger partial charge in [-0.3, -0.25) is 0 Å². The lowest BCUT2D eigenvalue weighted by atomic mass is 9.67. The number of halogens is 2. The van der Waals surface area contributed by atoms with E-state index in [4.69, 9.17) is 11.6 Å². The van der Waals surface area contributed by atoms with Gasteiger partial charge in [0.25, 0.3) is 0 Å². The SMILES string of the molecule is CC(O)C1CCC2(CC1)CNc1ncc(Br)c(Cl)c12. The number of aromatic nitrogens is 1. The maximum Gasteiger partial charge on any atom is 0.131 e. The molecule has 0 amide bonds. The Morgan fingerprint density at radius 1 is 1.53 bits per heavy atom. The first-order valence-electron chi connectivity index (χ1n) is 6.80. The van der Waals surface area contributed by atoms with Crippen LogP contribution in [0, 0.1) is 5.92 Å². The zero-order chi connectivity index (χ0) is 13.6. The highest BCUT2D eigenvalue weighted by atomic mass is 79.9. The average molecular weight is 346 g/mol. The molecular formula is C14H18BrClN2O. The van der Waals surface area contributed by atoms with Crippen LogP contribution in [-0.2, 0) is 5.41 Å². The Bertz CT molecular complexity index is 498. The monoisotopic (exact) mass is 344 g/mol. The molecule has 1 saturated carbocycles. The predicted octanol–water partition coefficient (Wildman–Crippen LogP) is 3.73. The normalized spacial score (nSPS) is 31.1. The second-order valence-corrected chi connectivity index (χ2v) is 7.09. The van der Waals surface area contributed by atoms with Gasteiger partial charge in [0.05, 0.1) is 15.6 Å². The third-order valence-electron chi connectivity index (χ3n) is 4.77. The lowest BCUT2D eigenvalue weighted by Crippen LogP contribution is -2.36. The molecule has 1 spiro atoms. The Hall–Kier alpha value is -0.320. The Labute approximate surface area is 126 Å². The van der Waals surface area contributed by atoms with Crippen molar-refractivity contribution in [2.24, 2.45) is 5.92 Å². The number of nitrogens with one attached hydrogen (secondary N) is 1. The van der Waals surface area contributed by atoms with Gasteiger partial charge < -0.3 is 10.4 Å². The molecule has 2 aliphatic rings. The first kappa shape index (κ1) is 13.7. The third kappa shape index (κ3) is 2.18. The van der Waals surface area contributed by atoms with E-state index in [1.807, 2.05) is 6.92 Å². The van der Waals surface area contributed by atoms with Crippen molar-refractivity contribution in [3.63, 3.8) is 0 Å². The number of hydrogen-bond acceptors (Lipinski definition) is 3. The van der Waals surface area contributed by atoms with Crippen molar-refractivity contribution in [1.29, 1.82) is 0 Å². The summed E-state index contributed by atoms with van der Waals surface area (Å²) in [6, 6.07) is 0. The van der Waals surface area contributed by atoms with Gasteiger partial charge >= 0.3 is 0 Å². The number of hydrogen-bond donors (Lipinski definition) is 2. The summed E-state index contributed by atoms with van der Waals surface area (Å²) < 4.78 is 0.869. The molecule has 1 aliphatic carbocycles. The number of nitrogens with zero attached hydrogens (tertiary/aromatic N) is 1. The van der Waals surface area contributed by atoms with Gasteiger partial charge in [0.2, 0.25) is 0 Å². The van der Waals surface area contributed by atoms with E-state index in [1.54, 1.807) is 6.20 Å². The van der Waals surface area contributed by atoms with Gasteiger partial charge in [-0.2, -0.15) is 0 Å². The number of anilines is 1. The van der Waals surface area contributed by atoms with Crippen molar-refractivity contribution < 1.29 is 5.11 Å². The third-order valence-corrected chi connectivity index (χ3v) is 5.99. The highest BCUT2D eigenvalue weighted by Gasteiger charge is 2.44. The van der Waals surface area contributed by atoms with Crippen molar-refractivity contribution in [3.8, 4) is 0 Å². The maximum atomic E-state index is 9.74. The molecule has 1 aromatic heterocycles. The zero-order valence-electron chi connectivity index (χ0n) is 10.9. The molecule has 1 atom stereocenters. The van der Waals surface area contributed by atoms with Gasteiger partial charge in [-0.05, 0) is 54.5 Å². The van der Waals surface area contributed by atoms with Crippen LogP contribution < -0.4 is 5.32 Å². The molecule has 3 rings (SSSR count). The Morgan fingerprint density at radius 3 is 2.84 bits per heavy atom. The summed E-state index contributed by atoms with van der Waals surface area (Å²) in [5.41, 5.74) is 1.28. The van der Waals surface area contributed by atoms with E-state index in [0.717, 1.165) is 47.5 Å². The lowest BCUT2D eigenvalue weighted by molar-refractivity contribution is 0.0837. The van der Waals surface area contributed by atoms with Crippen LogP contribution >= 0.6 is 27.5 Å². The van der Waals surface area contributed by atoms with Gasteiger partial charge in [0.1, 0.15) is 5.82 Å².